The van der Waals surface area contributed by atoms with Crippen LogP contribution in [0.5, 0.6) is 0 Å². The quantitative estimate of drug-likeness (QED) is 0.766. The number of carbonyl (C=O) groups is 2. The van der Waals surface area contributed by atoms with Crippen LogP contribution in [0, 0.1) is 0 Å². The number of hydrogen-bond donors (Lipinski definition) is 1. The van der Waals surface area contributed by atoms with E-state index < -0.39 is 22.1 Å². The summed E-state index contributed by atoms with van der Waals surface area (Å²) in [5.41, 5.74) is 0.214. The molecule has 25 heavy (non-hydrogen) atoms. The van der Waals surface area contributed by atoms with Crippen molar-refractivity contribution < 1.29 is 22.7 Å². The fourth-order valence-corrected chi connectivity index (χ4v) is 4.19. The number of carbonyl (C=O) groups excluding carboxylic acids is 2. The van der Waals surface area contributed by atoms with Gasteiger partial charge in [0.1, 0.15) is 0 Å². The highest BCUT2D eigenvalue weighted by Gasteiger charge is 2.29. The molecule has 7 nitrogen and oxygen atoms in total. The lowest BCUT2D eigenvalue weighted by molar-refractivity contribution is -0.129. The maximum absolute atomic E-state index is 12.4. The third kappa shape index (κ3) is 4.19. The lowest BCUT2D eigenvalue weighted by Crippen LogP contribution is -2.37. The van der Waals surface area contributed by atoms with E-state index in [1.54, 1.807) is 0 Å². The zero-order chi connectivity index (χ0) is 18.0. The number of ether oxygens (including phenoxy) is 1. The van der Waals surface area contributed by atoms with Gasteiger partial charge in [-0.25, -0.2) is 13.2 Å². The maximum Gasteiger partial charge on any atom is 0.338 e. The zero-order valence-corrected chi connectivity index (χ0v) is 14.9. The van der Waals surface area contributed by atoms with E-state index >= 15 is 0 Å². The van der Waals surface area contributed by atoms with Gasteiger partial charge in [0.2, 0.25) is 10.0 Å². The Hall–Kier alpha value is -1.93. The number of benzene rings is 1. The van der Waals surface area contributed by atoms with E-state index in [1.165, 1.54) is 35.5 Å². The van der Waals surface area contributed by atoms with Crippen LogP contribution in [0.25, 0.3) is 0 Å². The van der Waals surface area contributed by atoms with Crippen molar-refractivity contribution in [3.05, 3.63) is 29.8 Å². The van der Waals surface area contributed by atoms with Crippen LogP contribution in [-0.4, -0.2) is 49.8 Å². The molecule has 0 aromatic heterocycles. The first-order valence-electron chi connectivity index (χ1n) is 8.49. The Kier molecular flexibility index (Phi) is 5.10. The second-order valence-electron chi connectivity index (χ2n) is 6.47. The van der Waals surface area contributed by atoms with Gasteiger partial charge < -0.3 is 10.1 Å². The molecule has 2 fully saturated rings. The first kappa shape index (κ1) is 17.9. The fourth-order valence-electron chi connectivity index (χ4n) is 2.67. The summed E-state index contributed by atoms with van der Waals surface area (Å²) in [5, 5.41) is 2.77. The third-order valence-corrected chi connectivity index (χ3v) is 6.28. The molecular weight excluding hydrogens is 344 g/mol. The van der Waals surface area contributed by atoms with Gasteiger partial charge in [-0.05, 0) is 56.9 Å². The van der Waals surface area contributed by atoms with Crippen LogP contribution < -0.4 is 5.32 Å². The molecule has 1 N–H and O–H groups in total. The molecule has 1 saturated heterocycles. The Morgan fingerprint density at radius 2 is 1.76 bits per heavy atom. The molecule has 1 unspecified atom stereocenters. The van der Waals surface area contributed by atoms with E-state index in [0.717, 1.165) is 25.7 Å². The van der Waals surface area contributed by atoms with Crippen molar-refractivity contribution in [1.29, 1.82) is 0 Å². The van der Waals surface area contributed by atoms with Crippen LogP contribution in [0.4, 0.5) is 0 Å². The largest absolute Gasteiger partial charge is 0.449 e. The maximum atomic E-state index is 12.4. The van der Waals surface area contributed by atoms with Gasteiger partial charge in [-0.3, -0.25) is 4.79 Å². The number of nitrogens with one attached hydrogen (secondary N) is 1. The highest BCUT2D eigenvalue weighted by atomic mass is 32.2. The van der Waals surface area contributed by atoms with Crippen LogP contribution in [0.2, 0.25) is 0 Å². The normalized spacial score (nSPS) is 19.4. The topological polar surface area (TPSA) is 92.8 Å². The number of esters is 1. The second kappa shape index (κ2) is 7.13. The average molecular weight is 366 g/mol. The first-order chi connectivity index (χ1) is 11.9. The number of rotatable bonds is 6. The molecule has 1 saturated carbocycles. The summed E-state index contributed by atoms with van der Waals surface area (Å²) in [4.78, 5) is 24.1. The number of amides is 1. The average Bonchev–Trinajstić information content (AvgIpc) is 3.23. The summed E-state index contributed by atoms with van der Waals surface area (Å²) in [6.45, 7) is 2.57. The molecule has 1 aliphatic carbocycles. The summed E-state index contributed by atoms with van der Waals surface area (Å²) in [6, 6.07) is 5.83. The van der Waals surface area contributed by atoms with E-state index in [0.29, 0.717) is 13.1 Å². The van der Waals surface area contributed by atoms with E-state index in [1.807, 2.05) is 0 Å². The first-order valence-corrected chi connectivity index (χ1v) is 9.93. The van der Waals surface area contributed by atoms with Crippen molar-refractivity contribution in [1.82, 2.24) is 9.62 Å². The lowest BCUT2D eigenvalue weighted by atomic mass is 10.2. The van der Waals surface area contributed by atoms with E-state index in [4.69, 9.17) is 4.74 Å². The molecule has 1 amide bonds. The molecule has 0 spiro atoms. The van der Waals surface area contributed by atoms with Gasteiger partial charge in [0.15, 0.2) is 6.10 Å². The summed E-state index contributed by atoms with van der Waals surface area (Å²) >= 11 is 0. The molecule has 8 heteroatoms. The van der Waals surface area contributed by atoms with Gasteiger partial charge in [-0.1, -0.05) is 0 Å². The molecule has 1 heterocycles. The Bertz CT molecular complexity index is 750. The fraction of sp³-hybridized carbons (Fsp3) is 0.529. The zero-order valence-electron chi connectivity index (χ0n) is 14.1. The minimum atomic E-state index is -3.51. The Labute approximate surface area is 147 Å². The highest BCUT2D eigenvalue weighted by Crippen LogP contribution is 2.22. The minimum Gasteiger partial charge on any atom is -0.449 e. The molecule has 3 rings (SSSR count). The Balaban J connectivity index is 1.63. The molecule has 0 bridgehead atoms. The summed E-state index contributed by atoms with van der Waals surface area (Å²) < 4.78 is 31.5. The monoisotopic (exact) mass is 366 g/mol. The summed E-state index contributed by atoms with van der Waals surface area (Å²) in [7, 11) is -3.51. The van der Waals surface area contributed by atoms with Crippen LogP contribution in [0.15, 0.2) is 29.2 Å². The molecule has 136 valence electrons. The van der Waals surface area contributed by atoms with E-state index in [2.05, 4.69) is 5.32 Å². The molecule has 0 radical (unpaired) electrons. The summed E-state index contributed by atoms with van der Waals surface area (Å²) in [6.07, 6.45) is 2.76. The van der Waals surface area contributed by atoms with E-state index in [-0.39, 0.29) is 22.4 Å². The molecule has 2 aliphatic rings. The SMILES string of the molecule is CC(OC(=O)c1ccc(S(=O)(=O)N2CCCC2)cc1)C(=O)NC1CC1. The standard InChI is InChI=1S/C17H22N2O5S/c1-12(16(20)18-14-6-7-14)24-17(21)13-4-8-15(9-5-13)25(22,23)19-10-2-3-11-19/h4-5,8-9,12,14H,2-3,6-7,10-11H2,1H3,(H,18,20). The van der Waals surface area contributed by atoms with Crippen molar-refractivity contribution in [2.24, 2.45) is 0 Å². The van der Waals surface area contributed by atoms with E-state index in [9.17, 15) is 18.0 Å². The number of hydrogen-bond acceptors (Lipinski definition) is 5. The smallest absolute Gasteiger partial charge is 0.338 e. The number of nitrogens with zero attached hydrogens (tertiary/aromatic N) is 1. The molecule has 1 atom stereocenters. The van der Waals surface area contributed by atoms with Crippen LogP contribution in [-0.2, 0) is 19.6 Å². The molecule has 1 aromatic rings. The van der Waals surface area contributed by atoms with Crippen molar-refractivity contribution in [2.75, 3.05) is 13.1 Å². The van der Waals surface area contributed by atoms with Crippen molar-refractivity contribution in [3.8, 4) is 0 Å². The highest BCUT2D eigenvalue weighted by molar-refractivity contribution is 7.89. The second-order valence-corrected chi connectivity index (χ2v) is 8.40. The lowest BCUT2D eigenvalue weighted by Gasteiger charge is -2.16. The summed E-state index contributed by atoms with van der Waals surface area (Å²) in [5.74, 6) is -0.965. The van der Waals surface area contributed by atoms with Crippen molar-refractivity contribution in [2.45, 2.75) is 49.6 Å². The van der Waals surface area contributed by atoms with Gasteiger partial charge in [-0.2, -0.15) is 4.31 Å². The predicted molar refractivity (Wildman–Crippen MR) is 90.5 cm³/mol. The third-order valence-electron chi connectivity index (χ3n) is 4.37. The van der Waals surface area contributed by atoms with Gasteiger partial charge >= 0.3 is 5.97 Å². The van der Waals surface area contributed by atoms with Gasteiger partial charge in [0.25, 0.3) is 5.91 Å². The Morgan fingerprint density at radius 3 is 2.32 bits per heavy atom. The van der Waals surface area contributed by atoms with Gasteiger partial charge in [0.05, 0.1) is 10.5 Å². The number of sulfonamides is 1. The Morgan fingerprint density at radius 1 is 1.16 bits per heavy atom. The van der Waals surface area contributed by atoms with Crippen LogP contribution in [0.1, 0.15) is 43.0 Å². The van der Waals surface area contributed by atoms with Gasteiger partial charge in [-0.15, -0.1) is 0 Å². The van der Waals surface area contributed by atoms with Crippen molar-refractivity contribution >= 4 is 21.9 Å². The predicted octanol–water partition coefficient (Wildman–Crippen LogP) is 1.29. The van der Waals surface area contributed by atoms with Gasteiger partial charge in [0, 0.05) is 19.1 Å². The van der Waals surface area contributed by atoms with Crippen LogP contribution in [0.3, 0.4) is 0 Å². The molecular formula is C17H22N2O5S. The molecule has 1 aliphatic heterocycles. The minimum absolute atomic E-state index is 0.158. The molecule has 1 aromatic carbocycles. The van der Waals surface area contributed by atoms with Crippen molar-refractivity contribution in [3.63, 3.8) is 0 Å². The van der Waals surface area contributed by atoms with Crippen LogP contribution >= 0.6 is 0 Å².